The SMILES string of the molecule is Cc1cccc(COc2ccc(CNCCc3ccc(Cl)cc3)cc2)c1. The van der Waals surface area contributed by atoms with Crippen LogP contribution in [0.5, 0.6) is 5.75 Å². The first-order chi connectivity index (χ1) is 12.7. The van der Waals surface area contributed by atoms with Crippen molar-refractivity contribution in [1.82, 2.24) is 5.32 Å². The summed E-state index contributed by atoms with van der Waals surface area (Å²) in [6.07, 6.45) is 0.995. The monoisotopic (exact) mass is 365 g/mol. The molecular weight excluding hydrogens is 342 g/mol. The van der Waals surface area contributed by atoms with Crippen molar-refractivity contribution in [3.63, 3.8) is 0 Å². The first-order valence-electron chi connectivity index (χ1n) is 8.91. The Bertz CT molecular complexity index is 812. The molecule has 2 nitrogen and oxygen atoms in total. The minimum absolute atomic E-state index is 0.598. The standard InChI is InChI=1S/C23H24ClNO/c1-18-3-2-4-21(15-18)17-26-23-11-7-20(8-12-23)16-25-14-13-19-5-9-22(24)10-6-19/h2-12,15,25H,13-14,16-17H2,1H3. The fourth-order valence-electron chi connectivity index (χ4n) is 2.79. The fourth-order valence-corrected chi connectivity index (χ4v) is 2.91. The van der Waals surface area contributed by atoms with Crippen LogP contribution < -0.4 is 10.1 Å². The van der Waals surface area contributed by atoms with E-state index in [0.29, 0.717) is 6.61 Å². The predicted octanol–water partition coefficient (Wildman–Crippen LogP) is 5.56. The van der Waals surface area contributed by atoms with E-state index in [-0.39, 0.29) is 0 Å². The molecule has 0 saturated heterocycles. The Hall–Kier alpha value is -2.29. The molecule has 0 fully saturated rings. The fraction of sp³-hybridized carbons (Fsp3) is 0.217. The van der Waals surface area contributed by atoms with Crippen molar-refractivity contribution < 1.29 is 4.74 Å². The number of hydrogen-bond acceptors (Lipinski definition) is 2. The minimum Gasteiger partial charge on any atom is -0.489 e. The maximum Gasteiger partial charge on any atom is 0.119 e. The summed E-state index contributed by atoms with van der Waals surface area (Å²) in [4.78, 5) is 0. The molecule has 3 aromatic carbocycles. The van der Waals surface area contributed by atoms with Crippen molar-refractivity contribution in [1.29, 1.82) is 0 Å². The van der Waals surface area contributed by atoms with Gasteiger partial charge < -0.3 is 10.1 Å². The third-order valence-corrected chi connectivity index (χ3v) is 4.50. The van der Waals surface area contributed by atoms with Crippen LogP contribution in [0.25, 0.3) is 0 Å². The lowest BCUT2D eigenvalue weighted by Crippen LogP contribution is -2.16. The predicted molar refractivity (Wildman–Crippen MR) is 109 cm³/mol. The third-order valence-electron chi connectivity index (χ3n) is 4.24. The van der Waals surface area contributed by atoms with Crippen LogP contribution in [-0.4, -0.2) is 6.54 Å². The quantitative estimate of drug-likeness (QED) is 0.527. The summed E-state index contributed by atoms with van der Waals surface area (Å²) >= 11 is 5.90. The van der Waals surface area contributed by atoms with Gasteiger partial charge in [-0.05, 0) is 60.8 Å². The Morgan fingerprint density at radius 2 is 1.58 bits per heavy atom. The van der Waals surface area contributed by atoms with Gasteiger partial charge >= 0.3 is 0 Å². The lowest BCUT2D eigenvalue weighted by atomic mass is 10.1. The number of rotatable bonds is 8. The lowest BCUT2D eigenvalue weighted by molar-refractivity contribution is 0.306. The zero-order valence-electron chi connectivity index (χ0n) is 15.0. The van der Waals surface area contributed by atoms with Gasteiger partial charge in [0.05, 0.1) is 0 Å². The number of ether oxygens (including phenoxy) is 1. The van der Waals surface area contributed by atoms with Crippen LogP contribution >= 0.6 is 11.6 Å². The highest BCUT2D eigenvalue weighted by Crippen LogP contribution is 2.15. The molecule has 1 N–H and O–H groups in total. The molecule has 0 atom stereocenters. The van der Waals surface area contributed by atoms with Gasteiger partial charge in [0, 0.05) is 11.6 Å². The van der Waals surface area contributed by atoms with E-state index in [2.05, 4.69) is 60.8 Å². The van der Waals surface area contributed by atoms with Crippen molar-refractivity contribution in [2.24, 2.45) is 0 Å². The van der Waals surface area contributed by atoms with Crippen LogP contribution in [0.2, 0.25) is 5.02 Å². The summed E-state index contributed by atoms with van der Waals surface area (Å²) in [6.45, 7) is 4.48. The molecular formula is C23H24ClNO. The van der Waals surface area contributed by atoms with Crippen molar-refractivity contribution >= 4 is 11.6 Å². The van der Waals surface area contributed by atoms with Crippen molar-refractivity contribution in [2.75, 3.05) is 6.54 Å². The third kappa shape index (κ3) is 5.91. The molecule has 0 aromatic heterocycles. The summed E-state index contributed by atoms with van der Waals surface area (Å²) in [6, 6.07) is 24.7. The maximum atomic E-state index is 5.90. The van der Waals surface area contributed by atoms with Gasteiger partial charge in [0.2, 0.25) is 0 Å². The van der Waals surface area contributed by atoms with Crippen molar-refractivity contribution in [2.45, 2.75) is 26.5 Å². The molecule has 0 saturated carbocycles. The molecule has 0 aliphatic heterocycles. The molecule has 134 valence electrons. The van der Waals surface area contributed by atoms with Gasteiger partial charge in [-0.15, -0.1) is 0 Å². The van der Waals surface area contributed by atoms with E-state index < -0.39 is 0 Å². The molecule has 0 heterocycles. The summed E-state index contributed by atoms with van der Waals surface area (Å²) in [5, 5.41) is 4.26. The highest BCUT2D eigenvalue weighted by atomic mass is 35.5. The maximum absolute atomic E-state index is 5.90. The second-order valence-corrected chi connectivity index (χ2v) is 6.91. The van der Waals surface area contributed by atoms with E-state index in [1.54, 1.807) is 0 Å². The Kier molecular flexibility index (Phi) is 6.70. The van der Waals surface area contributed by atoms with Gasteiger partial charge in [-0.25, -0.2) is 0 Å². The minimum atomic E-state index is 0.598. The largest absolute Gasteiger partial charge is 0.489 e. The van der Waals surface area contributed by atoms with Crippen LogP contribution in [0.15, 0.2) is 72.8 Å². The molecule has 0 radical (unpaired) electrons. The summed E-state index contributed by atoms with van der Waals surface area (Å²) in [5.41, 5.74) is 5.00. The molecule has 26 heavy (non-hydrogen) atoms. The van der Waals surface area contributed by atoms with Crippen LogP contribution in [0.4, 0.5) is 0 Å². The van der Waals surface area contributed by atoms with Gasteiger partial charge in [0.15, 0.2) is 0 Å². The molecule has 3 heteroatoms. The Balaban J connectivity index is 1.40. The van der Waals surface area contributed by atoms with Crippen LogP contribution in [0.3, 0.4) is 0 Å². The average molecular weight is 366 g/mol. The second kappa shape index (κ2) is 9.42. The number of nitrogens with one attached hydrogen (secondary N) is 1. The first kappa shape index (κ1) is 18.5. The molecule has 0 aliphatic rings. The zero-order valence-corrected chi connectivity index (χ0v) is 15.8. The van der Waals surface area contributed by atoms with E-state index in [9.17, 15) is 0 Å². The van der Waals surface area contributed by atoms with Gasteiger partial charge in [-0.3, -0.25) is 0 Å². The van der Waals surface area contributed by atoms with E-state index in [1.807, 2.05) is 24.3 Å². The molecule has 0 aliphatic carbocycles. The second-order valence-electron chi connectivity index (χ2n) is 6.47. The zero-order chi connectivity index (χ0) is 18.2. The smallest absolute Gasteiger partial charge is 0.119 e. The molecule has 0 bridgehead atoms. The molecule has 0 amide bonds. The van der Waals surface area contributed by atoms with Gasteiger partial charge in [0.1, 0.15) is 12.4 Å². The summed E-state index contributed by atoms with van der Waals surface area (Å²) < 4.78 is 5.86. The van der Waals surface area contributed by atoms with E-state index in [1.165, 1.54) is 22.3 Å². The normalized spacial score (nSPS) is 10.7. The number of hydrogen-bond donors (Lipinski definition) is 1. The topological polar surface area (TPSA) is 21.3 Å². The number of benzene rings is 3. The highest BCUT2D eigenvalue weighted by molar-refractivity contribution is 6.30. The van der Waals surface area contributed by atoms with Crippen LogP contribution in [0.1, 0.15) is 22.3 Å². The number of aryl methyl sites for hydroxylation is 1. The highest BCUT2D eigenvalue weighted by Gasteiger charge is 1.99. The molecule has 0 unspecified atom stereocenters. The summed E-state index contributed by atoms with van der Waals surface area (Å²) in [5.74, 6) is 0.899. The Labute approximate surface area is 160 Å². The average Bonchev–Trinajstić information content (AvgIpc) is 2.66. The van der Waals surface area contributed by atoms with Gasteiger partial charge in [-0.1, -0.05) is 65.7 Å². The van der Waals surface area contributed by atoms with Crippen molar-refractivity contribution in [3.05, 3.63) is 100 Å². The Morgan fingerprint density at radius 1 is 0.846 bits per heavy atom. The summed E-state index contributed by atoms with van der Waals surface area (Å²) in [7, 11) is 0. The first-order valence-corrected chi connectivity index (χ1v) is 9.29. The molecule has 0 spiro atoms. The number of halogens is 1. The van der Waals surface area contributed by atoms with Crippen LogP contribution in [-0.2, 0) is 19.6 Å². The van der Waals surface area contributed by atoms with Crippen LogP contribution in [0, 0.1) is 6.92 Å². The van der Waals surface area contributed by atoms with Crippen molar-refractivity contribution in [3.8, 4) is 5.75 Å². The lowest BCUT2D eigenvalue weighted by Gasteiger charge is -2.09. The Morgan fingerprint density at radius 3 is 2.31 bits per heavy atom. The molecule has 3 aromatic rings. The van der Waals surface area contributed by atoms with E-state index >= 15 is 0 Å². The van der Waals surface area contributed by atoms with Gasteiger partial charge in [0.25, 0.3) is 0 Å². The van der Waals surface area contributed by atoms with E-state index in [0.717, 1.165) is 30.3 Å². The molecule has 3 rings (SSSR count). The van der Waals surface area contributed by atoms with Gasteiger partial charge in [-0.2, -0.15) is 0 Å². The van der Waals surface area contributed by atoms with E-state index in [4.69, 9.17) is 16.3 Å².